The van der Waals surface area contributed by atoms with Gasteiger partial charge in [-0.2, -0.15) is 5.10 Å². The molecule has 2 saturated heterocycles. The molecular weight excluding hydrogens is 406 g/mol. The van der Waals surface area contributed by atoms with Crippen LogP contribution in [-0.4, -0.2) is 73.7 Å². The van der Waals surface area contributed by atoms with Gasteiger partial charge < -0.3 is 24.4 Å². The maximum atomic E-state index is 6.01. The lowest BCUT2D eigenvalue weighted by Crippen LogP contribution is -2.52. The van der Waals surface area contributed by atoms with Crippen LogP contribution in [0.15, 0.2) is 41.7 Å². The Labute approximate surface area is 190 Å². The van der Waals surface area contributed by atoms with Crippen LogP contribution in [0.2, 0.25) is 0 Å². The monoisotopic (exact) mass is 441 g/mol. The molecule has 32 heavy (non-hydrogen) atoms. The van der Waals surface area contributed by atoms with Gasteiger partial charge in [-0.3, -0.25) is 9.67 Å². The second-order valence-electron chi connectivity index (χ2n) is 8.50. The fourth-order valence-corrected chi connectivity index (χ4v) is 4.63. The molecule has 1 aromatic carbocycles. The summed E-state index contributed by atoms with van der Waals surface area (Å²) in [6, 6.07) is 8.55. The van der Waals surface area contributed by atoms with Gasteiger partial charge in [-0.1, -0.05) is 12.1 Å². The topological polar surface area (TPSA) is 73.1 Å². The van der Waals surface area contributed by atoms with Gasteiger partial charge in [-0.15, -0.1) is 0 Å². The Morgan fingerprint density at radius 1 is 1.25 bits per heavy atom. The molecule has 0 bridgehead atoms. The molecule has 4 rings (SSSR count). The van der Waals surface area contributed by atoms with Crippen LogP contribution in [0.4, 0.5) is 0 Å². The Morgan fingerprint density at radius 3 is 2.69 bits per heavy atom. The van der Waals surface area contributed by atoms with Crippen molar-refractivity contribution in [1.29, 1.82) is 0 Å². The summed E-state index contributed by atoms with van der Waals surface area (Å²) in [5.41, 5.74) is 2.43. The predicted molar refractivity (Wildman–Crippen MR) is 124 cm³/mol. The summed E-state index contributed by atoms with van der Waals surface area (Å²) in [7, 11) is 3.78. The van der Waals surface area contributed by atoms with Gasteiger partial charge in [-0.25, -0.2) is 0 Å². The summed E-state index contributed by atoms with van der Waals surface area (Å²) in [6.45, 7) is 7.27. The van der Waals surface area contributed by atoms with Gasteiger partial charge in [0.05, 0.1) is 26.0 Å². The second kappa shape index (κ2) is 10.4. The normalized spacial score (nSPS) is 21.4. The molecule has 8 heteroatoms. The molecule has 0 radical (unpaired) electrons. The van der Waals surface area contributed by atoms with Gasteiger partial charge in [0.1, 0.15) is 11.9 Å². The van der Waals surface area contributed by atoms with Crippen molar-refractivity contribution in [2.45, 2.75) is 31.3 Å². The van der Waals surface area contributed by atoms with E-state index < -0.39 is 0 Å². The van der Waals surface area contributed by atoms with Crippen LogP contribution in [0, 0.1) is 0 Å². The zero-order valence-electron chi connectivity index (χ0n) is 19.4. The minimum absolute atomic E-state index is 0.000786. The highest BCUT2D eigenvalue weighted by atomic mass is 16.5. The van der Waals surface area contributed by atoms with Gasteiger partial charge >= 0.3 is 0 Å². The molecule has 174 valence electrons. The molecule has 2 aliphatic rings. The lowest BCUT2D eigenvalue weighted by atomic mass is 9.74. The minimum Gasteiger partial charge on any atom is -0.494 e. The van der Waals surface area contributed by atoms with Crippen molar-refractivity contribution in [3.05, 3.63) is 47.8 Å². The maximum absolute atomic E-state index is 6.01. The Morgan fingerprint density at radius 2 is 2.03 bits per heavy atom. The van der Waals surface area contributed by atoms with Crippen LogP contribution in [0.3, 0.4) is 0 Å². The number of nitrogens with one attached hydrogen (secondary N) is 1. The molecule has 2 fully saturated rings. The summed E-state index contributed by atoms with van der Waals surface area (Å²) in [6.07, 6.45) is 5.86. The van der Waals surface area contributed by atoms with E-state index in [-0.39, 0.29) is 11.5 Å². The summed E-state index contributed by atoms with van der Waals surface area (Å²) in [4.78, 5) is 6.88. The standard InChI is InChI=1S/C24H35N5O3/c1-4-31-21-7-5-20(6-8-21)24(9-12-30-13-10-24)18-26-23(25-2)29-11-14-32-22(17-29)19-15-27-28(3)16-19/h5-8,15-16,22H,4,9-14,17-18H2,1-3H3,(H,25,26). The summed E-state index contributed by atoms with van der Waals surface area (Å²) >= 11 is 0. The largest absolute Gasteiger partial charge is 0.494 e. The first-order valence-corrected chi connectivity index (χ1v) is 11.5. The van der Waals surface area contributed by atoms with E-state index in [0.29, 0.717) is 13.2 Å². The number of benzene rings is 1. The Bertz CT molecular complexity index is 889. The smallest absolute Gasteiger partial charge is 0.193 e. The second-order valence-corrected chi connectivity index (χ2v) is 8.50. The summed E-state index contributed by atoms with van der Waals surface area (Å²) in [5, 5.41) is 7.97. The molecule has 0 aliphatic carbocycles. The number of ether oxygens (including phenoxy) is 3. The number of morpholine rings is 1. The number of hydrogen-bond acceptors (Lipinski definition) is 5. The molecule has 1 aromatic heterocycles. The molecule has 0 spiro atoms. The van der Waals surface area contributed by atoms with Crippen molar-refractivity contribution in [1.82, 2.24) is 20.0 Å². The summed E-state index contributed by atoms with van der Waals surface area (Å²) < 4.78 is 19.2. The van der Waals surface area contributed by atoms with E-state index in [4.69, 9.17) is 14.2 Å². The fraction of sp³-hybridized carbons (Fsp3) is 0.583. The zero-order chi connectivity index (χ0) is 22.4. The molecule has 1 atom stereocenters. The highest BCUT2D eigenvalue weighted by molar-refractivity contribution is 5.80. The van der Waals surface area contributed by atoms with Crippen LogP contribution in [-0.2, 0) is 21.9 Å². The fourth-order valence-electron chi connectivity index (χ4n) is 4.63. The number of guanidine groups is 1. The Kier molecular flexibility index (Phi) is 7.32. The van der Waals surface area contributed by atoms with Crippen molar-refractivity contribution in [3.63, 3.8) is 0 Å². The molecule has 1 N–H and O–H groups in total. The minimum atomic E-state index is -0.000786. The van der Waals surface area contributed by atoms with Gasteiger partial charge in [0.2, 0.25) is 0 Å². The van der Waals surface area contributed by atoms with Gasteiger partial charge in [0, 0.05) is 57.6 Å². The Balaban J connectivity index is 1.45. The SMILES string of the molecule is CCOc1ccc(C2(CNC(=NC)N3CCOC(c4cnn(C)c4)C3)CCOCC2)cc1. The van der Waals surface area contributed by atoms with Gasteiger partial charge in [-0.05, 0) is 37.5 Å². The first kappa shape index (κ1) is 22.6. The third-order valence-corrected chi connectivity index (χ3v) is 6.49. The lowest BCUT2D eigenvalue weighted by Gasteiger charge is -2.40. The average molecular weight is 442 g/mol. The zero-order valence-corrected chi connectivity index (χ0v) is 19.4. The van der Waals surface area contributed by atoms with Crippen molar-refractivity contribution >= 4 is 5.96 Å². The quantitative estimate of drug-likeness (QED) is 0.549. The van der Waals surface area contributed by atoms with Crippen LogP contribution >= 0.6 is 0 Å². The molecule has 8 nitrogen and oxygen atoms in total. The van der Waals surface area contributed by atoms with Crippen molar-refractivity contribution < 1.29 is 14.2 Å². The lowest BCUT2D eigenvalue weighted by molar-refractivity contribution is -0.00835. The van der Waals surface area contributed by atoms with Gasteiger partial charge in [0.15, 0.2) is 5.96 Å². The third-order valence-electron chi connectivity index (χ3n) is 6.49. The number of rotatable bonds is 6. The highest BCUT2D eigenvalue weighted by Crippen LogP contribution is 2.35. The van der Waals surface area contributed by atoms with E-state index in [2.05, 4.69) is 44.6 Å². The van der Waals surface area contributed by atoms with Crippen LogP contribution < -0.4 is 10.1 Å². The maximum Gasteiger partial charge on any atom is 0.193 e. The Hall–Kier alpha value is -2.58. The van der Waals surface area contributed by atoms with Crippen molar-refractivity contribution in [3.8, 4) is 5.75 Å². The molecule has 0 amide bonds. The molecular formula is C24H35N5O3. The first-order chi connectivity index (χ1) is 15.6. The van der Waals surface area contributed by atoms with Gasteiger partial charge in [0.25, 0.3) is 0 Å². The molecule has 0 saturated carbocycles. The van der Waals surface area contributed by atoms with E-state index in [1.165, 1.54) is 5.56 Å². The molecule has 1 unspecified atom stereocenters. The predicted octanol–water partition coefficient (Wildman–Crippen LogP) is 2.52. The van der Waals surface area contributed by atoms with E-state index in [0.717, 1.165) is 63.0 Å². The van der Waals surface area contributed by atoms with E-state index in [1.807, 2.05) is 38.1 Å². The van der Waals surface area contributed by atoms with Crippen LogP contribution in [0.1, 0.15) is 37.0 Å². The van der Waals surface area contributed by atoms with E-state index >= 15 is 0 Å². The molecule has 2 aromatic rings. The number of aromatic nitrogens is 2. The third kappa shape index (κ3) is 5.07. The molecule has 3 heterocycles. The highest BCUT2D eigenvalue weighted by Gasteiger charge is 2.35. The van der Waals surface area contributed by atoms with Crippen LogP contribution in [0.25, 0.3) is 0 Å². The summed E-state index contributed by atoms with van der Waals surface area (Å²) in [5.74, 6) is 1.83. The van der Waals surface area contributed by atoms with E-state index in [1.54, 1.807) is 0 Å². The van der Waals surface area contributed by atoms with Crippen molar-refractivity contribution in [2.75, 3.05) is 53.1 Å². The number of hydrogen-bond donors (Lipinski definition) is 1. The van der Waals surface area contributed by atoms with Crippen molar-refractivity contribution in [2.24, 2.45) is 12.0 Å². The first-order valence-electron chi connectivity index (χ1n) is 11.5. The number of nitrogens with zero attached hydrogens (tertiary/aromatic N) is 4. The number of aliphatic imine (C=N–C) groups is 1. The average Bonchev–Trinajstić information content (AvgIpc) is 3.27. The van der Waals surface area contributed by atoms with Crippen LogP contribution in [0.5, 0.6) is 5.75 Å². The van der Waals surface area contributed by atoms with E-state index in [9.17, 15) is 0 Å². The molecule has 2 aliphatic heterocycles. The number of aryl methyl sites for hydroxylation is 1.